The lowest BCUT2D eigenvalue weighted by atomic mass is 10.1. The average Bonchev–Trinajstić information content (AvgIpc) is 2.69. The maximum Gasteiger partial charge on any atom is 0.191 e. The van der Waals surface area contributed by atoms with E-state index in [1.807, 2.05) is 18.3 Å². The number of nitrogens with one attached hydrogen (secondary N) is 2. The van der Waals surface area contributed by atoms with E-state index in [2.05, 4.69) is 78.0 Å². The second-order valence-electron chi connectivity index (χ2n) is 6.28. The molecule has 0 amide bonds. The summed E-state index contributed by atoms with van der Waals surface area (Å²) in [5.41, 5.74) is 3.55. The van der Waals surface area contributed by atoms with Gasteiger partial charge in [-0.1, -0.05) is 54.6 Å². The van der Waals surface area contributed by atoms with E-state index in [9.17, 15) is 0 Å². The number of para-hydroxylation sites is 1. The zero-order valence-corrected chi connectivity index (χ0v) is 15.4. The Labute approximate surface area is 155 Å². The Hall–Kier alpha value is -2.88. The largest absolute Gasteiger partial charge is 0.357 e. The first kappa shape index (κ1) is 17.9. The van der Waals surface area contributed by atoms with Crippen LogP contribution < -0.4 is 10.6 Å². The van der Waals surface area contributed by atoms with Gasteiger partial charge in [-0.3, -0.25) is 9.98 Å². The molecule has 0 fully saturated rings. The number of benzene rings is 2. The molecular formula is C22H26N4. The van der Waals surface area contributed by atoms with E-state index in [1.165, 1.54) is 16.5 Å². The van der Waals surface area contributed by atoms with Crippen molar-refractivity contribution in [3.63, 3.8) is 0 Å². The summed E-state index contributed by atoms with van der Waals surface area (Å²) in [7, 11) is 0. The predicted octanol–water partition coefficient (Wildman–Crippen LogP) is 4.09. The summed E-state index contributed by atoms with van der Waals surface area (Å²) >= 11 is 0. The van der Waals surface area contributed by atoms with Gasteiger partial charge in [-0.05, 0) is 37.5 Å². The van der Waals surface area contributed by atoms with E-state index in [0.29, 0.717) is 6.54 Å². The van der Waals surface area contributed by atoms with Gasteiger partial charge in [-0.15, -0.1) is 0 Å². The average molecular weight is 346 g/mol. The fourth-order valence-electron chi connectivity index (χ4n) is 3.01. The third-order valence-corrected chi connectivity index (χ3v) is 4.36. The van der Waals surface area contributed by atoms with Crippen LogP contribution in [0.1, 0.15) is 31.0 Å². The molecule has 0 saturated carbocycles. The normalized spacial score (nSPS) is 12.8. The van der Waals surface area contributed by atoms with Crippen molar-refractivity contribution in [1.82, 2.24) is 15.6 Å². The van der Waals surface area contributed by atoms with Crippen LogP contribution in [0.3, 0.4) is 0 Å². The molecule has 4 heteroatoms. The molecule has 1 aromatic heterocycles. The Morgan fingerprint density at radius 1 is 1.04 bits per heavy atom. The van der Waals surface area contributed by atoms with Crippen molar-refractivity contribution in [2.24, 2.45) is 4.99 Å². The molecule has 0 spiro atoms. The van der Waals surface area contributed by atoms with Gasteiger partial charge < -0.3 is 10.6 Å². The molecule has 3 rings (SSSR count). The fourth-order valence-corrected chi connectivity index (χ4v) is 3.01. The van der Waals surface area contributed by atoms with Gasteiger partial charge in [0.2, 0.25) is 0 Å². The number of rotatable bonds is 6. The highest BCUT2D eigenvalue weighted by molar-refractivity contribution is 5.82. The van der Waals surface area contributed by atoms with Crippen LogP contribution in [0, 0.1) is 0 Å². The molecule has 134 valence electrons. The highest BCUT2D eigenvalue weighted by atomic mass is 15.2. The van der Waals surface area contributed by atoms with Gasteiger partial charge >= 0.3 is 0 Å². The minimum absolute atomic E-state index is 0.202. The first-order valence-corrected chi connectivity index (χ1v) is 9.20. The molecule has 2 aromatic carbocycles. The number of hydrogen-bond donors (Lipinski definition) is 2. The van der Waals surface area contributed by atoms with E-state index < -0.39 is 0 Å². The second kappa shape index (κ2) is 8.99. The lowest BCUT2D eigenvalue weighted by molar-refractivity contribution is 0.686. The van der Waals surface area contributed by atoms with Crippen molar-refractivity contribution in [3.8, 4) is 0 Å². The number of nitrogens with zero attached hydrogens (tertiary/aromatic N) is 2. The van der Waals surface area contributed by atoms with Gasteiger partial charge in [0.25, 0.3) is 0 Å². The topological polar surface area (TPSA) is 49.3 Å². The molecular weight excluding hydrogens is 320 g/mol. The van der Waals surface area contributed by atoms with Gasteiger partial charge in [0.1, 0.15) is 0 Å². The minimum atomic E-state index is 0.202. The van der Waals surface area contributed by atoms with Gasteiger partial charge in [0.15, 0.2) is 5.96 Å². The van der Waals surface area contributed by atoms with E-state index in [1.54, 1.807) is 0 Å². The Morgan fingerprint density at radius 2 is 1.85 bits per heavy atom. The van der Waals surface area contributed by atoms with E-state index >= 15 is 0 Å². The SMILES string of the molecule is CCNC(=NCCc1cccc2cccnc12)NC(C)c1ccccc1. The Balaban J connectivity index is 1.67. The van der Waals surface area contributed by atoms with Crippen LogP contribution in [0.25, 0.3) is 10.9 Å². The highest BCUT2D eigenvalue weighted by Crippen LogP contribution is 2.16. The Morgan fingerprint density at radius 3 is 2.65 bits per heavy atom. The smallest absolute Gasteiger partial charge is 0.191 e. The number of hydrogen-bond acceptors (Lipinski definition) is 2. The molecule has 26 heavy (non-hydrogen) atoms. The Bertz CT molecular complexity index is 853. The quantitative estimate of drug-likeness (QED) is 0.522. The zero-order chi connectivity index (χ0) is 18.2. The molecule has 0 saturated heterocycles. The number of guanidine groups is 1. The molecule has 3 aromatic rings. The van der Waals surface area contributed by atoms with Crippen LogP contribution in [0.15, 0.2) is 71.9 Å². The first-order chi connectivity index (χ1) is 12.8. The van der Waals surface area contributed by atoms with E-state index in [4.69, 9.17) is 4.99 Å². The molecule has 0 aliphatic heterocycles. The van der Waals surface area contributed by atoms with Crippen molar-refractivity contribution in [3.05, 3.63) is 78.0 Å². The molecule has 0 aliphatic rings. The minimum Gasteiger partial charge on any atom is -0.357 e. The summed E-state index contributed by atoms with van der Waals surface area (Å²) in [6, 6.07) is 21.0. The summed E-state index contributed by atoms with van der Waals surface area (Å²) in [5, 5.41) is 7.99. The van der Waals surface area contributed by atoms with Crippen LogP contribution in [0.2, 0.25) is 0 Å². The van der Waals surface area contributed by atoms with Gasteiger partial charge in [-0.2, -0.15) is 0 Å². The predicted molar refractivity (Wildman–Crippen MR) is 109 cm³/mol. The first-order valence-electron chi connectivity index (χ1n) is 9.20. The molecule has 0 radical (unpaired) electrons. The van der Waals surface area contributed by atoms with Crippen LogP contribution in [-0.4, -0.2) is 24.0 Å². The van der Waals surface area contributed by atoms with Crippen molar-refractivity contribution in [1.29, 1.82) is 0 Å². The van der Waals surface area contributed by atoms with E-state index in [0.717, 1.165) is 24.4 Å². The maximum absolute atomic E-state index is 4.75. The maximum atomic E-state index is 4.75. The van der Waals surface area contributed by atoms with E-state index in [-0.39, 0.29) is 6.04 Å². The summed E-state index contributed by atoms with van der Waals surface area (Å²) < 4.78 is 0. The van der Waals surface area contributed by atoms with Crippen molar-refractivity contribution in [2.75, 3.05) is 13.1 Å². The summed E-state index contributed by atoms with van der Waals surface area (Å²) in [5.74, 6) is 0.844. The van der Waals surface area contributed by atoms with Crippen LogP contribution in [-0.2, 0) is 6.42 Å². The lowest BCUT2D eigenvalue weighted by Crippen LogP contribution is -2.38. The molecule has 1 unspecified atom stereocenters. The van der Waals surface area contributed by atoms with Crippen LogP contribution in [0.5, 0.6) is 0 Å². The number of aromatic nitrogens is 1. The van der Waals surface area contributed by atoms with Crippen LogP contribution in [0.4, 0.5) is 0 Å². The third-order valence-electron chi connectivity index (χ3n) is 4.36. The van der Waals surface area contributed by atoms with Gasteiger partial charge in [0, 0.05) is 24.7 Å². The van der Waals surface area contributed by atoms with Gasteiger partial charge in [0.05, 0.1) is 11.6 Å². The number of pyridine rings is 1. The highest BCUT2D eigenvalue weighted by Gasteiger charge is 2.07. The zero-order valence-electron chi connectivity index (χ0n) is 15.4. The Kier molecular flexibility index (Phi) is 6.20. The summed E-state index contributed by atoms with van der Waals surface area (Å²) in [6.07, 6.45) is 2.72. The number of fused-ring (bicyclic) bond motifs is 1. The third kappa shape index (κ3) is 4.60. The molecule has 0 aliphatic carbocycles. The summed E-state index contributed by atoms with van der Waals surface area (Å²) in [4.78, 5) is 9.27. The summed E-state index contributed by atoms with van der Waals surface area (Å²) in [6.45, 7) is 5.78. The van der Waals surface area contributed by atoms with Crippen molar-refractivity contribution >= 4 is 16.9 Å². The van der Waals surface area contributed by atoms with Crippen molar-refractivity contribution < 1.29 is 0 Å². The second-order valence-corrected chi connectivity index (χ2v) is 6.28. The molecule has 1 heterocycles. The molecule has 1 atom stereocenters. The standard InChI is InChI=1S/C22H26N4/c1-3-23-22(26-17(2)18-9-5-4-6-10-18)25-16-14-20-12-7-11-19-13-8-15-24-21(19)20/h4-13,15,17H,3,14,16H2,1-2H3,(H2,23,25,26). The molecule has 2 N–H and O–H groups in total. The monoisotopic (exact) mass is 346 g/mol. The number of aliphatic imine (C=N–C) groups is 1. The molecule has 0 bridgehead atoms. The lowest BCUT2D eigenvalue weighted by Gasteiger charge is -2.18. The van der Waals surface area contributed by atoms with Gasteiger partial charge in [-0.25, -0.2) is 0 Å². The fraction of sp³-hybridized carbons (Fsp3) is 0.273. The van der Waals surface area contributed by atoms with Crippen LogP contribution >= 0.6 is 0 Å². The van der Waals surface area contributed by atoms with Crippen molar-refractivity contribution in [2.45, 2.75) is 26.3 Å². The molecule has 4 nitrogen and oxygen atoms in total.